The first kappa shape index (κ1) is 19.8. The number of rotatable bonds is 7. The van der Waals surface area contributed by atoms with Crippen LogP contribution in [-0.4, -0.2) is 35.6 Å². The molecule has 3 aromatic rings. The van der Waals surface area contributed by atoms with Gasteiger partial charge in [-0.15, -0.1) is 0 Å². The first-order valence-electron chi connectivity index (χ1n) is 8.90. The summed E-state index contributed by atoms with van der Waals surface area (Å²) in [5, 5.41) is 5.85. The molecule has 0 bridgehead atoms. The van der Waals surface area contributed by atoms with Gasteiger partial charge in [-0.2, -0.15) is 0 Å². The van der Waals surface area contributed by atoms with Gasteiger partial charge in [0.15, 0.2) is 0 Å². The number of ether oxygens (including phenoxy) is 2. The topological polar surface area (TPSA) is 102 Å². The lowest BCUT2D eigenvalue weighted by Crippen LogP contribution is -2.14. The zero-order chi connectivity index (χ0) is 20.6. The van der Waals surface area contributed by atoms with E-state index < -0.39 is 11.9 Å². The molecular formula is C21H20N4O4. The van der Waals surface area contributed by atoms with Crippen molar-refractivity contribution in [3.8, 4) is 5.75 Å². The van der Waals surface area contributed by atoms with Gasteiger partial charge < -0.3 is 20.1 Å². The molecule has 1 heterocycles. The van der Waals surface area contributed by atoms with Crippen molar-refractivity contribution in [2.45, 2.75) is 6.92 Å². The lowest BCUT2D eigenvalue weighted by Gasteiger charge is -2.09. The summed E-state index contributed by atoms with van der Waals surface area (Å²) in [4.78, 5) is 32.3. The second kappa shape index (κ2) is 9.32. The highest BCUT2D eigenvalue weighted by atomic mass is 16.5. The molecule has 0 saturated heterocycles. The van der Waals surface area contributed by atoms with Gasteiger partial charge in [0.25, 0.3) is 5.91 Å². The van der Waals surface area contributed by atoms with Gasteiger partial charge >= 0.3 is 5.97 Å². The van der Waals surface area contributed by atoms with E-state index in [-0.39, 0.29) is 5.69 Å². The number of hydrogen-bond acceptors (Lipinski definition) is 7. The van der Waals surface area contributed by atoms with Crippen LogP contribution in [0.4, 0.5) is 17.2 Å². The SMILES string of the molecule is CCOC(=O)c1ccc(NC(=O)c2cc(Nc3ccc(OC)cc3)ncn2)cc1. The van der Waals surface area contributed by atoms with Crippen molar-refractivity contribution >= 4 is 29.1 Å². The molecule has 8 nitrogen and oxygen atoms in total. The van der Waals surface area contributed by atoms with Crippen molar-refractivity contribution in [2.75, 3.05) is 24.4 Å². The molecule has 0 aliphatic carbocycles. The summed E-state index contributed by atoms with van der Waals surface area (Å²) in [6, 6.07) is 15.3. The largest absolute Gasteiger partial charge is 0.497 e. The van der Waals surface area contributed by atoms with Gasteiger partial charge in [-0.05, 0) is 55.5 Å². The average molecular weight is 392 g/mol. The highest BCUT2D eigenvalue weighted by Gasteiger charge is 2.11. The number of esters is 1. The molecule has 0 saturated carbocycles. The molecule has 0 unspecified atom stereocenters. The quantitative estimate of drug-likeness (QED) is 0.592. The van der Waals surface area contributed by atoms with Crippen LogP contribution in [0.3, 0.4) is 0 Å². The van der Waals surface area contributed by atoms with Gasteiger partial charge in [0.1, 0.15) is 23.6 Å². The highest BCUT2D eigenvalue weighted by Crippen LogP contribution is 2.19. The fourth-order valence-electron chi connectivity index (χ4n) is 2.47. The fourth-order valence-corrected chi connectivity index (χ4v) is 2.47. The molecule has 0 spiro atoms. The van der Waals surface area contributed by atoms with Crippen molar-refractivity contribution in [1.29, 1.82) is 0 Å². The van der Waals surface area contributed by atoms with Gasteiger partial charge in [-0.25, -0.2) is 14.8 Å². The molecule has 0 atom stereocenters. The van der Waals surface area contributed by atoms with E-state index in [9.17, 15) is 9.59 Å². The van der Waals surface area contributed by atoms with Crippen LogP contribution in [0.2, 0.25) is 0 Å². The van der Waals surface area contributed by atoms with Gasteiger partial charge in [0, 0.05) is 17.4 Å². The smallest absolute Gasteiger partial charge is 0.338 e. The van der Waals surface area contributed by atoms with Crippen LogP contribution in [0.25, 0.3) is 0 Å². The van der Waals surface area contributed by atoms with E-state index in [1.165, 1.54) is 6.33 Å². The number of aromatic nitrogens is 2. The first-order valence-corrected chi connectivity index (χ1v) is 8.90. The third-order valence-electron chi connectivity index (χ3n) is 3.92. The number of methoxy groups -OCH3 is 1. The number of nitrogens with zero attached hydrogens (tertiary/aromatic N) is 2. The highest BCUT2D eigenvalue weighted by molar-refractivity contribution is 6.03. The monoisotopic (exact) mass is 392 g/mol. The van der Waals surface area contributed by atoms with Crippen LogP contribution in [-0.2, 0) is 4.74 Å². The Hall–Kier alpha value is -3.94. The minimum atomic E-state index is -0.407. The second-order valence-electron chi connectivity index (χ2n) is 5.89. The molecule has 2 aromatic carbocycles. The minimum Gasteiger partial charge on any atom is -0.497 e. The molecule has 1 aromatic heterocycles. The lowest BCUT2D eigenvalue weighted by atomic mass is 10.2. The molecule has 148 valence electrons. The van der Waals surface area contributed by atoms with Crippen LogP contribution in [0.1, 0.15) is 27.8 Å². The number of nitrogens with one attached hydrogen (secondary N) is 2. The van der Waals surface area contributed by atoms with Gasteiger partial charge in [-0.1, -0.05) is 0 Å². The molecule has 0 aliphatic heterocycles. The van der Waals surface area contributed by atoms with E-state index in [0.717, 1.165) is 11.4 Å². The van der Waals surface area contributed by atoms with E-state index in [2.05, 4.69) is 20.6 Å². The summed E-state index contributed by atoms with van der Waals surface area (Å²) in [6.07, 6.45) is 1.31. The zero-order valence-corrected chi connectivity index (χ0v) is 16.0. The zero-order valence-electron chi connectivity index (χ0n) is 16.0. The maximum Gasteiger partial charge on any atom is 0.338 e. The Bertz CT molecular complexity index is 988. The molecule has 8 heteroatoms. The predicted molar refractivity (Wildman–Crippen MR) is 109 cm³/mol. The Labute approximate surface area is 167 Å². The van der Waals surface area contributed by atoms with Gasteiger partial charge in [0.05, 0.1) is 19.3 Å². The summed E-state index contributed by atoms with van der Waals surface area (Å²) in [7, 11) is 1.60. The molecule has 0 radical (unpaired) electrons. The second-order valence-corrected chi connectivity index (χ2v) is 5.89. The van der Waals surface area contributed by atoms with Gasteiger partial charge in [-0.3, -0.25) is 4.79 Å². The Morgan fingerprint density at radius 1 is 0.966 bits per heavy atom. The number of carbonyl (C=O) groups excluding carboxylic acids is 2. The van der Waals surface area contributed by atoms with Crippen LogP contribution in [0.15, 0.2) is 60.9 Å². The van der Waals surface area contributed by atoms with Crippen LogP contribution < -0.4 is 15.4 Å². The fraction of sp³-hybridized carbons (Fsp3) is 0.143. The third kappa shape index (κ3) is 5.29. The van der Waals surface area contributed by atoms with E-state index in [4.69, 9.17) is 9.47 Å². The molecule has 0 fully saturated rings. The predicted octanol–water partition coefficient (Wildman–Crippen LogP) is 3.66. The molecule has 3 rings (SSSR count). The maximum absolute atomic E-state index is 12.5. The van der Waals surface area contributed by atoms with Crippen LogP contribution in [0.5, 0.6) is 5.75 Å². The standard InChI is InChI=1S/C21H20N4O4/c1-3-29-21(27)14-4-6-16(7-5-14)25-20(26)18-12-19(23-13-22-18)24-15-8-10-17(28-2)11-9-15/h4-13H,3H2,1-2H3,(H,25,26)(H,22,23,24). The normalized spacial score (nSPS) is 10.1. The third-order valence-corrected chi connectivity index (χ3v) is 3.92. The minimum absolute atomic E-state index is 0.200. The number of hydrogen-bond donors (Lipinski definition) is 2. The van der Waals surface area contributed by atoms with Crippen LogP contribution in [0, 0.1) is 0 Å². The first-order chi connectivity index (χ1) is 14.1. The Kier molecular flexibility index (Phi) is 6.36. The maximum atomic E-state index is 12.5. The Morgan fingerprint density at radius 3 is 2.31 bits per heavy atom. The van der Waals surface area contributed by atoms with E-state index in [0.29, 0.717) is 23.7 Å². The number of amides is 1. The number of benzene rings is 2. The molecule has 1 amide bonds. The molecule has 0 aliphatic rings. The molecule has 29 heavy (non-hydrogen) atoms. The summed E-state index contributed by atoms with van der Waals surface area (Å²) in [5.74, 6) is 0.421. The van der Waals surface area contributed by atoms with Crippen molar-refractivity contribution in [1.82, 2.24) is 9.97 Å². The molecule has 2 N–H and O–H groups in total. The summed E-state index contributed by atoms with van der Waals surface area (Å²) < 4.78 is 10.1. The number of carbonyl (C=O) groups is 2. The van der Waals surface area contributed by atoms with Crippen molar-refractivity contribution in [2.24, 2.45) is 0 Å². The average Bonchev–Trinajstić information content (AvgIpc) is 2.75. The van der Waals surface area contributed by atoms with E-state index in [1.807, 2.05) is 24.3 Å². The van der Waals surface area contributed by atoms with E-state index >= 15 is 0 Å². The summed E-state index contributed by atoms with van der Waals surface area (Å²) >= 11 is 0. The molecular weight excluding hydrogens is 372 g/mol. The Morgan fingerprint density at radius 2 is 1.66 bits per heavy atom. The summed E-state index contributed by atoms with van der Waals surface area (Å²) in [6.45, 7) is 2.05. The summed E-state index contributed by atoms with van der Waals surface area (Å²) in [5.41, 5.74) is 1.94. The van der Waals surface area contributed by atoms with Crippen molar-refractivity contribution in [3.05, 3.63) is 72.2 Å². The van der Waals surface area contributed by atoms with Crippen molar-refractivity contribution in [3.63, 3.8) is 0 Å². The van der Waals surface area contributed by atoms with E-state index in [1.54, 1.807) is 44.4 Å². The van der Waals surface area contributed by atoms with Crippen LogP contribution >= 0.6 is 0 Å². The van der Waals surface area contributed by atoms with Crippen molar-refractivity contribution < 1.29 is 19.1 Å². The lowest BCUT2D eigenvalue weighted by molar-refractivity contribution is 0.0526. The van der Waals surface area contributed by atoms with Gasteiger partial charge in [0.2, 0.25) is 0 Å². The number of anilines is 3. The Balaban J connectivity index is 1.66.